The zero-order chi connectivity index (χ0) is 16.7. The van der Waals surface area contributed by atoms with E-state index >= 15 is 0 Å². The molecule has 5 nitrogen and oxygen atoms in total. The van der Waals surface area contributed by atoms with Crippen LogP contribution in [0.4, 0.5) is 4.79 Å². The highest BCUT2D eigenvalue weighted by molar-refractivity contribution is 7.09. The minimum atomic E-state index is -0.422. The van der Waals surface area contributed by atoms with Crippen molar-refractivity contribution in [1.29, 1.82) is 0 Å². The molecule has 0 aromatic carbocycles. The standard InChI is InChI=1S/C17H28N2O3S/c1-17(2,3)22-16(20)19-8-4-6-14(11-19)7-5-9-21-12-15-10-18-13-23-15/h10,13-14H,4-9,11-12H2,1-3H3/t14-/m0/s1. The van der Waals surface area contributed by atoms with Gasteiger partial charge in [-0.25, -0.2) is 4.79 Å². The van der Waals surface area contributed by atoms with Crippen molar-refractivity contribution in [2.45, 2.75) is 58.7 Å². The van der Waals surface area contributed by atoms with Gasteiger partial charge in [-0.2, -0.15) is 0 Å². The van der Waals surface area contributed by atoms with Crippen molar-refractivity contribution in [3.8, 4) is 0 Å². The number of amides is 1. The molecule has 0 N–H and O–H groups in total. The summed E-state index contributed by atoms with van der Waals surface area (Å²) in [6.07, 6.45) is 6.06. The van der Waals surface area contributed by atoms with Gasteiger partial charge in [0.25, 0.3) is 0 Å². The first-order chi connectivity index (χ1) is 10.9. The Morgan fingerprint density at radius 2 is 2.30 bits per heavy atom. The number of likely N-dealkylation sites (tertiary alicyclic amines) is 1. The lowest BCUT2D eigenvalue weighted by Gasteiger charge is -2.34. The average Bonchev–Trinajstić information content (AvgIpc) is 2.99. The largest absolute Gasteiger partial charge is 0.444 e. The van der Waals surface area contributed by atoms with Crippen molar-refractivity contribution in [1.82, 2.24) is 9.88 Å². The summed E-state index contributed by atoms with van der Waals surface area (Å²) >= 11 is 1.62. The first-order valence-electron chi connectivity index (χ1n) is 8.37. The molecular formula is C17H28N2O3S. The lowest BCUT2D eigenvalue weighted by Crippen LogP contribution is -2.42. The Morgan fingerprint density at radius 1 is 1.48 bits per heavy atom. The predicted octanol–water partition coefficient (Wildman–Crippen LogP) is 4.09. The minimum absolute atomic E-state index is 0.177. The van der Waals surface area contributed by atoms with E-state index in [2.05, 4.69) is 4.98 Å². The van der Waals surface area contributed by atoms with Gasteiger partial charge in [0, 0.05) is 25.9 Å². The summed E-state index contributed by atoms with van der Waals surface area (Å²) in [5.74, 6) is 0.559. The Balaban J connectivity index is 1.62. The van der Waals surface area contributed by atoms with Crippen molar-refractivity contribution in [2.24, 2.45) is 5.92 Å². The van der Waals surface area contributed by atoms with Crippen LogP contribution in [0.5, 0.6) is 0 Å². The summed E-state index contributed by atoms with van der Waals surface area (Å²) in [5, 5.41) is 0. The average molecular weight is 340 g/mol. The van der Waals surface area contributed by atoms with E-state index in [1.54, 1.807) is 11.3 Å². The second-order valence-electron chi connectivity index (χ2n) is 7.10. The highest BCUT2D eigenvalue weighted by atomic mass is 32.1. The lowest BCUT2D eigenvalue weighted by molar-refractivity contribution is 0.0155. The topological polar surface area (TPSA) is 51.7 Å². The first-order valence-corrected chi connectivity index (χ1v) is 9.25. The maximum atomic E-state index is 12.1. The van der Waals surface area contributed by atoms with Crippen LogP contribution >= 0.6 is 11.3 Å². The number of carbonyl (C=O) groups is 1. The Bertz CT molecular complexity index is 471. The summed E-state index contributed by atoms with van der Waals surface area (Å²) in [4.78, 5) is 19.2. The van der Waals surface area contributed by atoms with Crippen LogP contribution in [-0.2, 0) is 16.1 Å². The van der Waals surface area contributed by atoms with Crippen molar-refractivity contribution < 1.29 is 14.3 Å². The molecule has 1 amide bonds. The molecule has 0 bridgehead atoms. The number of hydrogen-bond donors (Lipinski definition) is 0. The molecule has 23 heavy (non-hydrogen) atoms. The SMILES string of the molecule is CC(C)(C)OC(=O)N1CCC[C@@H](CCCOCc2cncs2)C1. The molecule has 1 atom stereocenters. The quantitative estimate of drug-likeness (QED) is 0.732. The Labute approximate surface area is 143 Å². The summed E-state index contributed by atoms with van der Waals surface area (Å²) in [6.45, 7) is 8.77. The fourth-order valence-corrected chi connectivity index (χ4v) is 3.28. The van der Waals surface area contributed by atoms with E-state index in [0.717, 1.165) is 39.0 Å². The van der Waals surface area contributed by atoms with Gasteiger partial charge in [-0.15, -0.1) is 11.3 Å². The van der Waals surface area contributed by atoms with Gasteiger partial charge in [-0.1, -0.05) is 0 Å². The van der Waals surface area contributed by atoms with Gasteiger partial charge in [-0.3, -0.25) is 4.98 Å². The second kappa shape index (κ2) is 8.64. The molecule has 1 fully saturated rings. The van der Waals surface area contributed by atoms with Crippen LogP contribution in [0, 0.1) is 5.92 Å². The van der Waals surface area contributed by atoms with Gasteiger partial charge in [0.15, 0.2) is 0 Å². The van der Waals surface area contributed by atoms with Crippen molar-refractivity contribution in [3.05, 3.63) is 16.6 Å². The van der Waals surface area contributed by atoms with E-state index in [-0.39, 0.29) is 6.09 Å². The van der Waals surface area contributed by atoms with Crippen molar-refractivity contribution >= 4 is 17.4 Å². The molecule has 0 aliphatic carbocycles. The second-order valence-corrected chi connectivity index (χ2v) is 8.07. The molecule has 0 unspecified atom stereocenters. The van der Waals surface area contributed by atoms with Crippen LogP contribution in [0.25, 0.3) is 0 Å². The molecule has 130 valence electrons. The smallest absolute Gasteiger partial charge is 0.410 e. The molecular weight excluding hydrogens is 312 g/mol. The molecule has 0 saturated carbocycles. The Kier molecular flexibility index (Phi) is 6.84. The third kappa shape index (κ3) is 6.87. The van der Waals surface area contributed by atoms with Crippen LogP contribution in [0.1, 0.15) is 51.3 Å². The van der Waals surface area contributed by atoms with Crippen LogP contribution < -0.4 is 0 Å². The molecule has 1 aliphatic rings. The zero-order valence-electron chi connectivity index (χ0n) is 14.4. The summed E-state index contributed by atoms with van der Waals surface area (Å²) in [6, 6.07) is 0. The van der Waals surface area contributed by atoms with Gasteiger partial charge in [-0.05, 0) is 52.4 Å². The third-order valence-corrected chi connectivity index (χ3v) is 4.55. The third-order valence-electron chi connectivity index (χ3n) is 3.80. The number of thiazole rings is 1. The molecule has 1 aromatic rings. The van der Waals surface area contributed by atoms with Crippen LogP contribution in [0.2, 0.25) is 0 Å². The monoisotopic (exact) mass is 340 g/mol. The highest BCUT2D eigenvalue weighted by Gasteiger charge is 2.27. The maximum Gasteiger partial charge on any atom is 0.410 e. The zero-order valence-corrected chi connectivity index (χ0v) is 15.2. The van der Waals surface area contributed by atoms with E-state index in [0.29, 0.717) is 12.5 Å². The maximum absolute atomic E-state index is 12.1. The molecule has 2 heterocycles. The normalized spacial score (nSPS) is 18.9. The van der Waals surface area contributed by atoms with E-state index in [4.69, 9.17) is 9.47 Å². The van der Waals surface area contributed by atoms with Crippen molar-refractivity contribution in [2.75, 3.05) is 19.7 Å². The molecule has 1 aliphatic heterocycles. The Morgan fingerprint density at radius 3 is 3.00 bits per heavy atom. The van der Waals surface area contributed by atoms with Crippen LogP contribution in [0.3, 0.4) is 0 Å². The van der Waals surface area contributed by atoms with Crippen molar-refractivity contribution in [3.63, 3.8) is 0 Å². The van der Waals surface area contributed by atoms with Gasteiger partial charge in [0.05, 0.1) is 17.0 Å². The molecule has 1 saturated heterocycles. The highest BCUT2D eigenvalue weighted by Crippen LogP contribution is 2.23. The van der Waals surface area contributed by atoms with E-state index in [1.807, 2.05) is 37.4 Å². The Hall–Kier alpha value is -1.14. The predicted molar refractivity (Wildman–Crippen MR) is 91.5 cm³/mol. The molecule has 1 aromatic heterocycles. The fourth-order valence-electron chi connectivity index (χ4n) is 2.75. The molecule has 2 rings (SSSR count). The van der Waals surface area contributed by atoms with Gasteiger partial charge in [0.2, 0.25) is 0 Å². The number of nitrogens with zero attached hydrogens (tertiary/aromatic N) is 2. The van der Waals surface area contributed by atoms with Crippen LogP contribution in [0.15, 0.2) is 11.7 Å². The van der Waals surface area contributed by atoms with Gasteiger partial charge in [0.1, 0.15) is 5.60 Å². The number of aromatic nitrogens is 1. The lowest BCUT2D eigenvalue weighted by atomic mass is 9.94. The summed E-state index contributed by atoms with van der Waals surface area (Å²) < 4.78 is 11.1. The number of piperidine rings is 1. The number of hydrogen-bond acceptors (Lipinski definition) is 5. The van der Waals surface area contributed by atoms with E-state index in [9.17, 15) is 4.79 Å². The van der Waals surface area contributed by atoms with Gasteiger partial charge < -0.3 is 14.4 Å². The van der Waals surface area contributed by atoms with Gasteiger partial charge >= 0.3 is 6.09 Å². The molecule has 0 spiro atoms. The number of ether oxygens (including phenoxy) is 2. The fraction of sp³-hybridized carbons (Fsp3) is 0.765. The van der Waals surface area contributed by atoms with E-state index in [1.165, 1.54) is 11.3 Å². The number of carbonyl (C=O) groups excluding carboxylic acids is 1. The molecule has 0 radical (unpaired) electrons. The van der Waals surface area contributed by atoms with Crippen LogP contribution in [-0.4, -0.2) is 41.3 Å². The first kappa shape index (κ1) is 18.2. The minimum Gasteiger partial charge on any atom is -0.444 e. The van der Waals surface area contributed by atoms with E-state index < -0.39 is 5.60 Å². The summed E-state index contributed by atoms with van der Waals surface area (Å²) in [7, 11) is 0. The molecule has 6 heteroatoms. The summed E-state index contributed by atoms with van der Waals surface area (Å²) in [5.41, 5.74) is 1.40. The number of rotatable bonds is 6.